The predicted molar refractivity (Wildman–Crippen MR) is 67.8 cm³/mol. The van der Waals surface area contributed by atoms with Crippen LogP contribution in [0.15, 0.2) is 18.2 Å². The van der Waals surface area contributed by atoms with Crippen LogP contribution in [0.1, 0.15) is 22.8 Å². The first-order valence-corrected chi connectivity index (χ1v) is 5.62. The van der Waals surface area contributed by atoms with Crippen molar-refractivity contribution < 1.29 is 9.53 Å². The molecule has 0 aromatic heterocycles. The minimum Gasteiger partial charge on any atom is -0.380 e. The highest BCUT2D eigenvalue weighted by molar-refractivity contribution is 5.96. The Morgan fingerprint density at radius 1 is 1.47 bits per heavy atom. The van der Waals surface area contributed by atoms with Gasteiger partial charge in [-0.3, -0.25) is 10.6 Å². The number of rotatable bonds is 6. The van der Waals surface area contributed by atoms with Crippen LogP contribution in [0.5, 0.6) is 0 Å². The molecule has 5 heteroatoms. The van der Waals surface area contributed by atoms with Crippen molar-refractivity contribution in [2.24, 2.45) is 5.84 Å². The molecule has 1 rings (SSSR count). The normalized spacial score (nSPS) is 10.1. The molecule has 0 fully saturated rings. The molecule has 0 saturated heterocycles. The van der Waals surface area contributed by atoms with Gasteiger partial charge in [-0.25, -0.2) is 0 Å². The lowest BCUT2D eigenvalue weighted by molar-refractivity contribution is 0.0922. The number of nitrogens with one attached hydrogen (secondary N) is 2. The summed E-state index contributed by atoms with van der Waals surface area (Å²) in [6, 6.07) is 5.35. The Balaban J connectivity index is 2.57. The molecule has 5 nitrogen and oxygen atoms in total. The number of hydrogen-bond acceptors (Lipinski definition) is 4. The predicted octanol–water partition coefficient (Wildman–Crippen LogP) is 1.05. The number of anilines is 1. The number of ether oxygens (including phenoxy) is 1. The van der Waals surface area contributed by atoms with Crippen LogP contribution in [0.2, 0.25) is 0 Å². The fourth-order valence-electron chi connectivity index (χ4n) is 1.48. The van der Waals surface area contributed by atoms with E-state index in [9.17, 15) is 4.79 Å². The second kappa shape index (κ2) is 6.88. The van der Waals surface area contributed by atoms with Crippen molar-refractivity contribution in [2.75, 3.05) is 25.2 Å². The summed E-state index contributed by atoms with van der Waals surface area (Å²) in [5.74, 6) is 5.20. The van der Waals surface area contributed by atoms with E-state index in [1.807, 2.05) is 19.9 Å². The monoisotopic (exact) mass is 237 g/mol. The molecular formula is C12H19N3O2. The first kappa shape index (κ1) is 13.5. The topological polar surface area (TPSA) is 76.4 Å². The molecule has 4 N–H and O–H groups in total. The molecule has 0 aliphatic rings. The maximum atomic E-state index is 11.8. The average molecular weight is 237 g/mol. The van der Waals surface area contributed by atoms with Crippen LogP contribution in [0.3, 0.4) is 0 Å². The zero-order valence-corrected chi connectivity index (χ0v) is 10.2. The summed E-state index contributed by atoms with van der Waals surface area (Å²) >= 11 is 0. The molecule has 1 aromatic carbocycles. The third-order valence-corrected chi connectivity index (χ3v) is 2.37. The van der Waals surface area contributed by atoms with Crippen molar-refractivity contribution in [3.63, 3.8) is 0 Å². The van der Waals surface area contributed by atoms with E-state index < -0.39 is 0 Å². The van der Waals surface area contributed by atoms with E-state index in [4.69, 9.17) is 10.6 Å². The lowest BCUT2D eigenvalue weighted by atomic mass is 10.1. The molecule has 1 amide bonds. The number of aryl methyl sites for hydroxylation is 1. The zero-order valence-electron chi connectivity index (χ0n) is 10.2. The SMILES string of the molecule is CCOCCNC(=O)c1ccc(NN)cc1C. The van der Waals surface area contributed by atoms with Crippen LogP contribution in [0.25, 0.3) is 0 Å². The molecule has 0 heterocycles. The molecule has 17 heavy (non-hydrogen) atoms. The molecule has 0 spiro atoms. The average Bonchev–Trinajstić information content (AvgIpc) is 2.34. The lowest BCUT2D eigenvalue weighted by Gasteiger charge is -2.09. The largest absolute Gasteiger partial charge is 0.380 e. The Hall–Kier alpha value is -1.59. The molecule has 0 atom stereocenters. The van der Waals surface area contributed by atoms with E-state index in [2.05, 4.69) is 10.7 Å². The third-order valence-electron chi connectivity index (χ3n) is 2.37. The molecule has 1 aromatic rings. The summed E-state index contributed by atoms with van der Waals surface area (Å²) in [5.41, 5.74) is 4.86. The number of hydrogen-bond donors (Lipinski definition) is 3. The van der Waals surface area contributed by atoms with E-state index >= 15 is 0 Å². The zero-order chi connectivity index (χ0) is 12.7. The summed E-state index contributed by atoms with van der Waals surface area (Å²) in [7, 11) is 0. The number of nitrogen functional groups attached to an aromatic ring is 1. The molecule has 0 unspecified atom stereocenters. The van der Waals surface area contributed by atoms with Crippen molar-refractivity contribution in [2.45, 2.75) is 13.8 Å². The standard InChI is InChI=1S/C12H19N3O2/c1-3-17-7-6-14-12(16)11-5-4-10(15-13)8-9(11)2/h4-5,8,15H,3,6-7,13H2,1-2H3,(H,14,16). The number of nitrogens with two attached hydrogens (primary N) is 1. The minimum atomic E-state index is -0.0919. The van der Waals surface area contributed by atoms with E-state index in [1.165, 1.54) is 0 Å². The van der Waals surface area contributed by atoms with E-state index in [-0.39, 0.29) is 5.91 Å². The number of amides is 1. The first-order chi connectivity index (χ1) is 8.19. The van der Waals surface area contributed by atoms with Crippen LogP contribution in [0.4, 0.5) is 5.69 Å². The Morgan fingerprint density at radius 2 is 2.24 bits per heavy atom. The third kappa shape index (κ3) is 4.05. The van der Waals surface area contributed by atoms with Gasteiger partial charge in [-0.15, -0.1) is 0 Å². The lowest BCUT2D eigenvalue weighted by Crippen LogP contribution is -2.27. The van der Waals surface area contributed by atoms with Crippen LogP contribution in [0, 0.1) is 6.92 Å². The minimum absolute atomic E-state index is 0.0919. The quantitative estimate of drug-likeness (QED) is 0.392. The van der Waals surface area contributed by atoms with Crippen LogP contribution in [-0.4, -0.2) is 25.7 Å². The summed E-state index contributed by atoms with van der Waals surface area (Å²) in [6.45, 7) is 5.50. The second-order valence-corrected chi connectivity index (χ2v) is 3.63. The van der Waals surface area contributed by atoms with E-state index in [0.29, 0.717) is 25.3 Å². The van der Waals surface area contributed by atoms with Gasteiger partial charge in [0.15, 0.2) is 0 Å². The molecule has 0 aliphatic carbocycles. The Kier molecular flexibility index (Phi) is 5.45. The Morgan fingerprint density at radius 3 is 2.82 bits per heavy atom. The van der Waals surface area contributed by atoms with Crippen LogP contribution in [-0.2, 0) is 4.74 Å². The number of carbonyl (C=O) groups is 1. The van der Waals surface area contributed by atoms with Gasteiger partial charge < -0.3 is 15.5 Å². The number of hydrazine groups is 1. The maximum absolute atomic E-state index is 11.8. The first-order valence-electron chi connectivity index (χ1n) is 5.62. The van der Waals surface area contributed by atoms with Crippen LogP contribution >= 0.6 is 0 Å². The van der Waals surface area contributed by atoms with Gasteiger partial charge >= 0.3 is 0 Å². The number of carbonyl (C=O) groups excluding carboxylic acids is 1. The van der Waals surface area contributed by atoms with Crippen molar-refractivity contribution in [1.29, 1.82) is 0 Å². The molecule has 0 bridgehead atoms. The molecule has 0 radical (unpaired) electrons. The summed E-state index contributed by atoms with van der Waals surface area (Å²) < 4.78 is 5.15. The van der Waals surface area contributed by atoms with Crippen molar-refractivity contribution >= 4 is 11.6 Å². The summed E-state index contributed by atoms with van der Waals surface area (Å²) in [5, 5.41) is 2.80. The smallest absolute Gasteiger partial charge is 0.251 e. The molecule has 0 saturated carbocycles. The van der Waals surface area contributed by atoms with Gasteiger partial charge in [0.25, 0.3) is 5.91 Å². The molecular weight excluding hydrogens is 218 g/mol. The van der Waals surface area contributed by atoms with Gasteiger partial charge in [0.05, 0.1) is 6.61 Å². The highest BCUT2D eigenvalue weighted by Crippen LogP contribution is 2.13. The van der Waals surface area contributed by atoms with Gasteiger partial charge in [0.2, 0.25) is 0 Å². The van der Waals surface area contributed by atoms with Crippen molar-refractivity contribution in [1.82, 2.24) is 5.32 Å². The summed E-state index contributed by atoms with van der Waals surface area (Å²) in [6.07, 6.45) is 0. The number of benzene rings is 1. The van der Waals surface area contributed by atoms with E-state index in [0.717, 1.165) is 11.3 Å². The molecule has 94 valence electrons. The highest BCUT2D eigenvalue weighted by atomic mass is 16.5. The van der Waals surface area contributed by atoms with Gasteiger partial charge in [-0.05, 0) is 37.6 Å². The fourth-order valence-corrected chi connectivity index (χ4v) is 1.48. The van der Waals surface area contributed by atoms with Crippen LogP contribution < -0.4 is 16.6 Å². The summed E-state index contributed by atoms with van der Waals surface area (Å²) in [4.78, 5) is 11.8. The highest BCUT2D eigenvalue weighted by Gasteiger charge is 2.08. The Labute approximate surface area is 101 Å². The van der Waals surface area contributed by atoms with Crippen molar-refractivity contribution in [3.05, 3.63) is 29.3 Å². The van der Waals surface area contributed by atoms with Gasteiger partial charge in [0, 0.05) is 24.4 Å². The van der Waals surface area contributed by atoms with Gasteiger partial charge in [-0.2, -0.15) is 0 Å². The maximum Gasteiger partial charge on any atom is 0.251 e. The van der Waals surface area contributed by atoms with Crippen molar-refractivity contribution in [3.8, 4) is 0 Å². The van der Waals surface area contributed by atoms with Gasteiger partial charge in [-0.1, -0.05) is 0 Å². The fraction of sp³-hybridized carbons (Fsp3) is 0.417. The molecule has 0 aliphatic heterocycles. The second-order valence-electron chi connectivity index (χ2n) is 3.63. The Bertz CT molecular complexity index is 380. The van der Waals surface area contributed by atoms with E-state index in [1.54, 1.807) is 12.1 Å². The van der Waals surface area contributed by atoms with Gasteiger partial charge in [0.1, 0.15) is 0 Å².